The highest BCUT2D eigenvalue weighted by Crippen LogP contribution is 2.31. The second kappa shape index (κ2) is 7.69. The molecule has 0 radical (unpaired) electrons. The first kappa shape index (κ1) is 18.6. The van der Waals surface area contributed by atoms with Gasteiger partial charge in [-0.15, -0.1) is 0 Å². The third-order valence-corrected chi connectivity index (χ3v) is 4.94. The van der Waals surface area contributed by atoms with Gasteiger partial charge in [-0.3, -0.25) is 9.89 Å². The number of nitrogens with zero attached hydrogens (tertiary/aromatic N) is 4. The molecule has 0 aliphatic carbocycles. The van der Waals surface area contributed by atoms with Crippen LogP contribution in [0.3, 0.4) is 0 Å². The van der Waals surface area contributed by atoms with Crippen molar-refractivity contribution in [2.45, 2.75) is 32.8 Å². The number of hydrogen-bond donors (Lipinski definition) is 3. The quantitative estimate of drug-likeness (QED) is 0.612. The highest BCUT2D eigenvalue weighted by molar-refractivity contribution is 5.95. The molecule has 0 saturated carbocycles. The van der Waals surface area contributed by atoms with E-state index in [0.717, 1.165) is 41.1 Å². The normalized spacial score (nSPS) is 17.4. The number of H-pyrrole nitrogens is 1. The predicted octanol–water partition coefficient (Wildman–Crippen LogP) is 1.27. The molecule has 4 rings (SSSR count). The number of rotatable bonds is 5. The average molecular weight is 383 g/mol. The smallest absolute Gasteiger partial charge is 0.272 e. The summed E-state index contributed by atoms with van der Waals surface area (Å²) >= 11 is 0. The second-order valence-corrected chi connectivity index (χ2v) is 7.36. The van der Waals surface area contributed by atoms with Crippen molar-refractivity contribution in [2.24, 2.45) is 0 Å². The molecule has 28 heavy (non-hydrogen) atoms. The highest BCUT2D eigenvalue weighted by atomic mass is 16.5. The Bertz CT molecular complexity index is 985. The summed E-state index contributed by atoms with van der Waals surface area (Å²) in [5.74, 6) is -0.0761. The number of aromatic nitrogens is 5. The molecule has 3 aromatic rings. The lowest BCUT2D eigenvalue weighted by Gasteiger charge is -2.23. The van der Waals surface area contributed by atoms with E-state index in [-0.39, 0.29) is 17.9 Å². The summed E-state index contributed by atoms with van der Waals surface area (Å²) in [5, 5.41) is 17.8. The third kappa shape index (κ3) is 3.50. The molecule has 9 heteroatoms. The van der Waals surface area contributed by atoms with Crippen LogP contribution < -0.4 is 10.6 Å². The Kier molecular flexibility index (Phi) is 5.10. The standard InChI is InChI=1S/C19H25N7O2/c1-11(2)15-16(13-6-12(3)18-22-10-23-26(18)9-13)24-25-17(15)19(27)21-8-14-7-20-4-5-28-14/h6,9-11,14,20H,4-5,7-8H2,1-3H3,(H,21,27)(H,24,25). The van der Waals surface area contributed by atoms with Crippen LogP contribution in [0.5, 0.6) is 0 Å². The Morgan fingerprint density at radius 2 is 2.32 bits per heavy atom. The van der Waals surface area contributed by atoms with E-state index in [1.54, 1.807) is 4.52 Å². The van der Waals surface area contributed by atoms with Crippen LogP contribution >= 0.6 is 0 Å². The fourth-order valence-electron chi connectivity index (χ4n) is 3.58. The van der Waals surface area contributed by atoms with Gasteiger partial charge in [0.05, 0.1) is 18.4 Å². The number of carbonyl (C=O) groups is 1. The Labute approximate surface area is 162 Å². The van der Waals surface area contributed by atoms with E-state index >= 15 is 0 Å². The van der Waals surface area contributed by atoms with Gasteiger partial charge in [-0.05, 0) is 24.5 Å². The summed E-state index contributed by atoms with van der Waals surface area (Å²) in [6.07, 6.45) is 3.41. The largest absolute Gasteiger partial charge is 0.374 e. The number of fused-ring (bicyclic) bond motifs is 1. The molecule has 0 aromatic carbocycles. The lowest BCUT2D eigenvalue weighted by atomic mass is 9.96. The van der Waals surface area contributed by atoms with E-state index in [2.05, 4.69) is 44.8 Å². The van der Waals surface area contributed by atoms with E-state index in [1.165, 1.54) is 6.33 Å². The van der Waals surface area contributed by atoms with Crippen molar-refractivity contribution >= 4 is 11.6 Å². The van der Waals surface area contributed by atoms with Crippen LogP contribution in [0.2, 0.25) is 0 Å². The van der Waals surface area contributed by atoms with Gasteiger partial charge in [0.25, 0.3) is 5.91 Å². The minimum atomic E-state index is -0.195. The number of pyridine rings is 1. The Morgan fingerprint density at radius 1 is 1.46 bits per heavy atom. The molecule has 0 spiro atoms. The van der Waals surface area contributed by atoms with E-state index in [9.17, 15) is 4.79 Å². The molecule has 1 amide bonds. The van der Waals surface area contributed by atoms with Crippen molar-refractivity contribution in [2.75, 3.05) is 26.2 Å². The summed E-state index contributed by atoms with van der Waals surface area (Å²) in [7, 11) is 0. The van der Waals surface area contributed by atoms with Crippen LogP contribution in [0.25, 0.3) is 16.9 Å². The zero-order valence-electron chi connectivity index (χ0n) is 16.3. The monoisotopic (exact) mass is 383 g/mol. The molecule has 1 atom stereocenters. The SMILES string of the molecule is Cc1cc(-c2[nH]nc(C(=O)NCC3CNCCO3)c2C(C)C)cn2ncnc12. The molecule has 1 fully saturated rings. The zero-order valence-corrected chi connectivity index (χ0v) is 16.3. The molecule has 148 valence electrons. The maximum atomic E-state index is 12.8. The van der Waals surface area contributed by atoms with Crippen molar-refractivity contribution in [1.29, 1.82) is 0 Å². The Morgan fingerprint density at radius 3 is 3.07 bits per heavy atom. The number of hydrogen-bond acceptors (Lipinski definition) is 6. The summed E-state index contributed by atoms with van der Waals surface area (Å²) in [4.78, 5) is 17.1. The molecule has 4 heterocycles. The Balaban J connectivity index is 1.62. The van der Waals surface area contributed by atoms with Gasteiger partial charge in [0.2, 0.25) is 0 Å². The van der Waals surface area contributed by atoms with Gasteiger partial charge in [-0.2, -0.15) is 10.2 Å². The predicted molar refractivity (Wildman–Crippen MR) is 104 cm³/mol. The topological polar surface area (TPSA) is 109 Å². The van der Waals surface area contributed by atoms with Crippen molar-refractivity contribution in [1.82, 2.24) is 35.4 Å². The molecule has 1 unspecified atom stereocenters. The van der Waals surface area contributed by atoms with Crippen LogP contribution in [-0.4, -0.2) is 63.0 Å². The molecule has 9 nitrogen and oxygen atoms in total. The number of carbonyl (C=O) groups excluding carboxylic acids is 1. The van der Waals surface area contributed by atoms with E-state index < -0.39 is 0 Å². The van der Waals surface area contributed by atoms with E-state index in [0.29, 0.717) is 18.8 Å². The van der Waals surface area contributed by atoms with Crippen LogP contribution in [0.1, 0.15) is 41.4 Å². The first-order valence-corrected chi connectivity index (χ1v) is 9.53. The molecule has 1 aliphatic rings. The Hall–Kier alpha value is -2.78. The first-order chi connectivity index (χ1) is 13.5. The van der Waals surface area contributed by atoms with Crippen LogP contribution in [0, 0.1) is 6.92 Å². The lowest BCUT2D eigenvalue weighted by Crippen LogP contribution is -2.45. The van der Waals surface area contributed by atoms with Gasteiger partial charge in [0, 0.05) is 37.0 Å². The van der Waals surface area contributed by atoms with E-state index in [4.69, 9.17) is 4.74 Å². The number of aromatic amines is 1. The summed E-state index contributed by atoms with van der Waals surface area (Å²) in [6.45, 7) is 8.80. The zero-order chi connectivity index (χ0) is 19.7. The number of aryl methyl sites for hydroxylation is 1. The average Bonchev–Trinajstić information content (AvgIpc) is 3.34. The third-order valence-electron chi connectivity index (χ3n) is 4.94. The van der Waals surface area contributed by atoms with Crippen molar-refractivity contribution < 1.29 is 9.53 Å². The van der Waals surface area contributed by atoms with Crippen molar-refractivity contribution in [3.63, 3.8) is 0 Å². The molecule has 1 aliphatic heterocycles. The van der Waals surface area contributed by atoms with Crippen molar-refractivity contribution in [3.8, 4) is 11.3 Å². The van der Waals surface area contributed by atoms with Crippen LogP contribution in [0.15, 0.2) is 18.6 Å². The van der Waals surface area contributed by atoms with E-state index in [1.807, 2.05) is 19.2 Å². The van der Waals surface area contributed by atoms with Gasteiger partial charge in [-0.1, -0.05) is 13.8 Å². The number of morpholine rings is 1. The van der Waals surface area contributed by atoms with Gasteiger partial charge < -0.3 is 15.4 Å². The van der Waals surface area contributed by atoms with Crippen LogP contribution in [0.4, 0.5) is 0 Å². The van der Waals surface area contributed by atoms with Gasteiger partial charge in [-0.25, -0.2) is 9.50 Å². The lowest BCUT2D eigenvalue weighted by molar-refractivity contribution is 0.0286. The molecule has 3 N–H and O–H groups in total. The molecular weight excluding hydrogens is 358 g/mol. The summed E-state index contributed by atoms with van der Waals surface area (Å²) < 4.78 is 7.38. The number of ether oxygens (including phenoxy) is 1. The number of amides is 1. The molecule has 1 saturated heterocycles. The van der Waals surface area contributed by atoms with Gasteiger partial charge >= 0.3 is 0 Å². The fraction of sp³-hybridized carbons (Fsp3) is 0.474. The summed E-state index contributed by atoms with van der Waals surface area (Å²) in [6, 6.07) is 2.03. The minimum Gasteiger partial charge on any atom is -0.374 e. The first-order valence-electron chi connectivity index (χ1n) is 9.53. The van der Waals surface area contributed by atoms with Gasteiger partial charge in [0.15, 0.2) is 11.3 Å². The fourth-order valence-corrected chi connectivity index (χ4v) is 3.58. The molecule has 0 bridgehead atoms. The van der Waals surface area contributed by atoms with Gasteiger partial charge in [0.1, 0.15) is 6.33 Å². The highest BCUT2D eigenvalue weighted by Gasteiger charge is 2.24. The summed E-state index contributed by atoms with van der Waals surface area (Å²) in [5.41, 5.74) is 4.88. The maximum Gasteiger partial charge on any atom is 0.272 e. The number of nitrogens with one attached hydrogen (secondary N) is 3. The molecule has 3 aromatic heterocycles. The molecular formula is C19H25N7O2. The minimum absolute atomic E-state index is 0.0176. The van der Waals surface area contributed by atoms with Crippen LogP contribution in [-0.2, 0) is 4.74 Å². The maximum absolute atomic E-state index is 12.8. The van der Waals surface area contributed by atoms with Crippen molar-refractivity contribution in [3.05, 3.63) is 35.4 Å². The second-order valence-electron chi connectivity index (χ2n) is 7.36.